The second-order valence-corrected chi connectivity index (χ2v) is 6.04. The van der Waals surface area contributed by atoms with Gasteiger partial charge in [0.05, 0.1) is 5.56 Å². The van der Waals surface area contributed by atoms with Gasteiger partial charge in [0.2, 0.25) is 0 Å². The molecule has 0 saturated carbocycles. The van der Waals surface area contributed by atoms with Crippen molar-refractivity contribution < 1.29 is 4.79 Å². The number of hydrogen-bond donors (Lipinski definition) is 2. The molecule has 3 aromatic rings. The molecule has 0 aromatic heterocycles. The van der Waals surface area contributed by atoms with Crippen molar-refractivity contribution in [1.82, 2.24) is 5.32 Å². The second kappa shape index (κ2) is 5.85. The zero-order valence-corrected chi connectivity index (χ0v) is 13.4. The van der Waals surface area contributed by atoms with E-state index in [1.165, 1.54) is 16.7 Å². The van der Waals surface area contributed by atoms with Crippen molar-refractivity contribution in [1.29, 1.82) is 0 Å². The predicted molar refractivity (Wildman–Crippen MR) is 96.9 cm³/mol. The van der Waals surface area contributed by atoms with Crippen LogP contribution in [0.25, 0.3) is 11.1 Å². The quantitative estimate of drug-likeness (QED) is 0.730. The number of carbonyl (C=O) groups is 1. The number of para-hydroxylation sites is 1. The highest BCUT2D eigenvalue weighted by molar-refractivity contribution is 6.01. The van der Waals surface area contributed by atoms with Crippen LogP contribution in [-0.2, 0) is 0 Å². The largest absolute Gasteiger partial charge is 0.361 e. The fourth-order valence-corrected chi connectivity index (χ4v) is 3.18. The smallest absolute Gasteiger partial charge is 0.255 e. The van der Waals surface area contributed by atoms with E-state index in [1.807, 2.05) is 42.5 Å². The average Bonchev–Trinajstić information content (AvgIpc) is 2.62. The van der Waals surface area contributed by atoms with Crippen molar-refractivity contribution >= 4 is 11.6 Å². The normalized spacial score (nSPS) is 16.0. The van der Waals surface area contributed by atoms with Gasteiger partial charge < -0.3 is 10.6 Å². The van der Waals surface area contributed by atoms with Gasteiger partial charge in [-0.1, -0.05) is 60.7 Å². The molecule has 3 heteroatoms. The lowest BCUT2D eigenvalue weighted by atomic mass is 9.97. The van der Waals surface area contributed by atoms with Crippen molar-refractivity contribution in [2.45, 2.75) is 13.1 Å². The maximum atomic E-state index is 12.3. The first-order chi connectivity index (χ1) is 11.7. The lowest BCUT2D eigenvalue weighted by Crippen LogP contribution is -2.38. The summed E-state index contributed by atoms with van der Waals surface area (Å²) >= 11 is 0. The second-order valence-electron chi connectivity index (χ2n) is 6.04. The first-order valence-corrected chi connectivity index (χ1v) is 8.05. The molecule has 1 aliphatic rings. The molecule has 0 saturated heterocycles. The summed E-state index contributed by atoms with van der Waals surface area (Å²) in [5.41, 5.74) is 6.21. The summed E-state index contributed by atoms with van der Waals surface area (Å²) in [7, 11) is 0. The number of anilines is 1. The number of carbonyl (C=O) groups excluding carboxylic acids is 1. The molecule has 24 heavy (non-hydrogen) atoms. The maximum absolute atomic E-state index is 12.3. The Morgan fingerprint density at radius 2 is 1.54 bits per heavy atom. The monoisotopic (exact) mass is 314 g/mol. The molecule has 3 nitrogen and oxygen atoms in total. The van der Waals surface area contributed by atoms with Crippen LogP contribution < -0.4 is 10.6 Å². The van der Waals surface area contributed by atoms with Crippen LogP contribution in [0.4, 0.5) is 5.69 Å². The maximum Gasteiger partial charge on any atom is 0.255 e. The summed E-state index contributed by atoms with van der Waals surface area (Å²) in [4.78, 5) is 12.3. The third-order valence-corrected chi connectivity index (χ3v) is 4.42. The van der Waals surface area contributed by atoms with Crippen LogP contribution in [0.2, 0.25) is 0 Å². The minimum atomic E-state index is -0.212. The van der Waals surface area contributed by atoms with E-state index in [9.17, 15) is 4.79 Å². The minimum Gasteiger partial charge on any atom is -0.361 e. The SMILES string of the molecule is Cc1cc(C2NC(=O)c3ccccc3N2)ccc1-c1ccccc1. The summed E-state index contributed by atoms with van der Waals surface area (Å²) in [5.74, 6) is -0.0425. The van der Waals surface area contributed by atoms with Gasteiger partial charge in [-0.15, -0.1) is 0 Å². The average molecular weight is 314 g/mol. The molecular formula is C21H18N2O. The number of nitrogens with one attached hydrogen (secondary N) is 2. The number of aryl methyl sites for hydroxylation is 1. The Morgan fingerprint density at radius 1 is 0.792 bits per heavy atom. The summed E-state index contributed by atoms with van der Waals surface area (Å²) in [6.07, 6.45) is -0.212. The standard InChI is InChI=1S/C21H18N2O/c1-14-13-16(11-12-17(14)15-7-3-2-4-8-15)20-22-19-10-6-5-9-18(19)21(24)23-20/h2-13,20,22H,1H3,(H,23,24). The molecule has 0 spiro atoms. The Balaban J connectivity index is 1.67. The third-order valence-electron chi connectivity index (χ3n) is 4.42. The Morgan fingerprint density at radius 3 is 2.33 bits per heavy atom. The molecule has 0 fully saturated rings. The highest BCUT2D eigenvalue weighted by Gasteiger charge is 2.24. The molecule has 118 valence electrons. The first-order valence-electron chi connectivity index (χ1n) is 8.05. The molecule has 0 aliphatic carbocycles. The molecule has 0 bridgehead atoms. The van der Waals surface area contributed by atoms with Crippen LogP contribution in [0.5, 0.6) is 0 Å². The predicted octanol–water partition coefficient (Wildman–Crippen LogP) is 4.52. The number of benzene rings is 3. The number of hydrogen-bond acceptors (Lipinski definition) is 2. The van der Waals surface area contributed by atoms with E-state index in [4.69, 9.17) is 0 Å². The van der Waals surface area contributed by atoms with Gasteiger partial charge in [0.15, 0.2) is 0 Å². The van der Waals surface area contributed by atoms with Gasteiger partial charge in [-0.3, -0.25) is 4.79 Å². The number of amides is 1. The van der Waals surface area contributed by atoms with E-state index in [1.54, 1.807) is 0 Å². The van der Waals surface area contributed by atoms with Gasteiger partial charge in [-0.05, 0) is 41.3 Å². The highest BCUT2D eigenvalue weighted by atomic mass is 16.2. The minimum absolute atomic E-state index is 0.0425. The van der Waals surface area contributed by atoms with E-state index in [0.717, 1.165) is 11.3 Å². The fourth-order valence-electron chi connectivity index (χ4n) is 3.18. The van der Waals surface area contributed by atoms with E-state index in [2.05, 4.69) is 47.9 Å². The highest BCUT2D eigenvalue weighted by Crippen LogP contribution is 2.29. The van der Waals surface area contributed by atoms with E-state index >= 15 is 0 Å². The van der Waals surface area contributed by atoms with Crippen molar-refractivity contribution in [2.24, 2.45) is 0 Å². The van der Waals surface area contributed by atoms with Crippen molar-refractivity contribution in [3.63, 3.8) is 0 Å². The Kier molecular flexibility index (Phi) is 3.54. The van der Waals surface area contributed by atoms with Gasteiger partial charge >= 0.3 is 0 Å². The van der Waals surface area contributed by atoms with Gasteiger partial charge in [0.1, 0.15) is 6.17 Å². The van der Waals surface area contributed by atoms with E-state index < -0.39 is 0 Å². The van der Waals surface area contributed by atoms with Crippen LogP contribution in [0.3, 0.4) is 0 Å². The zero-order chi connectivity index (χ0) is 16.5. The number of rotatable bonds is 2. The van der Waals surface area contributed by atoms with Gasteiger partial charge in [-0.25, -0.2) is 0 Å². The van der Waals surface area contributed by atoms with Gasteiger partial charge in [0.25, 0.3) is 5.91 Å². The van der Waals surface area contributed by atoms with Crippen LogP contribution in [-0.4, -0.2) is 5.91 Å². The summed E-state index contributed by atoms with van der Waals surface area (Å²) in [6, 6.07) is 24.2. The molecule has 4 rings (SSSR count). The van der Waals surface area contributed by atoms with Crippen LogP contribution >= 0.6 is 0 Å². The third kappa shape index (κ3) is 2.54. The van der Waals surface area contributed by atoms with E-state index in [0.29, 0.717) is 5.56 Å². The molecular weight excluding hydrogens is 296 g/mol. The summed E-state index contributed by atoms with van der Waals surface area (Å²) < 4.78 is 0. The lowest BCUT2D eigenvalue weighted by Gasteiger charge is -2.28. The molecule has 1 aliphatic heterocycles. The molecule has 1 atom stereocenters. The topological polar surface area (TPSA) is 41.1 Å². The molecule has 0 radical (unpaired) electrons. The summed E-state index contributed by atoms with van der Waals surface area (Å²) in [5, 5.41) is 6.42. The number of fused-ring (bicyclic) bond motifs is 1. The summed E-state index contributed by atoms with van der Waals surface area (Å²) in [6.45, 7) is 2.10. The lowest BCUT2D eigenvalue weighted by molar-refractivity contribution is 0.0935. The van der Waals surface area contributed by atoms with Crippen molar-refractivity contribution in [2.75, 3.05) is 5.32 Å². The van der Waals surface area contributed by atoms with Crippen LogP contribution in [0.1, 0.15) is 27.7 Å². The fraction of sp³-hybridized carbons (Fsp3) is 0.0952. The van der Waals surface area contributed by atoms with Crippen LogP contribution in [0.15, 0.2) is 72.8 Å². The van der Waals surface area contributed by atoms with Crippen molar-refractivity contribution in [3.8, 4) is 11.1 Å². The Labute approximate surface area is 141 Å². The zero-order valence-electron chi connectivity index (χ0n) is 13.4. The van der Waals surface area contributed by atoms with Gasteiger partial charge in [0, 0.05) is 5.69 Å². The molecule has 3 aromatic carbocycles. The molecule has 2 N–H and O–H groups in total. The first kappa shape index (κ1) is 14.5. The molecule has 1 unspecified atom stereocenters. The van der Waals surface area contributed by atoms with Crippen molar-refractivity contribution in [3.05, 3.63) is 89.5 Å². The van der Waals surface area contributed by atoms with Crippen LogP contribution in [0, 0.1) is 6.92 Å². The molecule has 1 heterocycles. The molecule has 1 amide bonds. The van der Waals surface area contributed by atoms with E-state index in [-0.39, 0.29) is 12.1 Å². The van der Waals surface area contributed by atoms with Gasteiger partial charge in [-0.2, -0.15) is 0 Å². The Bertz CT molecular complexity index is 903. The Hall–Kier alpha value is -3.07.